The average molecular weight is 256 g/mol. The van der Waals surface area contributed by atoms with E-state index < -0.39 is 0 Å². The van der Waals surface area contributed by atoms with Crippen molar-refractivity contribution in [1.82, 2.24) is 4.98 Å². The Morgan fingerprint density at radius 1 is 1.37 bits per heavy atom. The van der Waals surface area contributed by atoms with Crippen LogP contribution in [0, 0.1) is 0 Å². The van der Waals surface area contributed by atoms with Crippen LogP contribution in [0.1, 0.15) is 18.0 Å². The summed E-state index contributed by atoms with van der Waals surface area (Å²) in [6.45, 7) is 0.720. The van der Waals surface area contributed by atoms with Crippen molar-refractivity contribution in [2.24, 2.45) is 0 Å². The van der Waals surface area contributed by atoms with Gasteiger partial charge in [-0.2, -0.15) is 0 Å². The van der Waals surface area contributed by atoms with Crippen LogP contribution >= 0.6 is 0 Å². The van der Waals surface area contributed by atoms with Gasteiger partial charge in [-0.25, -0.2) is 0 Å². The van der Waals surface area contributed by atoms with Crippen molar-refractivity contribution >= 4 is 5.69 Å². The highest BCUT2D eigenvalue weighted by atomic mass is 16.5. The van der Waals surface area contributed by atoms with Crippen LogP contribution in [0.4, 0.5) is 5.69 Å². The molecule has 3 rings (SSSR count). The van der Waals surface area contributed by atoms with Gasteiger partial charge in [0.2, 0.25) is 0 Å². The third-order valence-electron chi connectivity index (χ3n) is 3.26. The maximum atomic E-state index is 5.68. The lowest BCUT2D eigenvalue weighted by Gasteiger charge is -2.27. The summed E-state index contributed by atoms with van der Waals surface area (Å²) in [5.74, 6) is 1.77. The summed E-state index contributed by atoms with van der Waals surface area (Å²) in [5.41, 5.74) is 2.15. The van der Waals surface area contributed by atoms with E-state index in [0.717, 1.165) is 35.8 Å². The Labute approximate surface area is 112 Å². The molecule has 0 radical (unpaired) electrons. The summed E-state index contributed by atoms with van der Waals surface area (Å²) in [7, 11) is 1.68. The van der Waals surface area contributed by atoms with Crippen LogP contribution in [0.3, 0.4) is 0 Å². The largest absolute Gasteiger partial charge is 0.497 e. The van der Waals surface area contributed by atoms with Crippen molar-refractivity contribution < 1.29 is 9.47 Å². The molecule has 0 saturated heterocycles. The number of hydrogen-bond acceptors (Lipinski definition) is 4. The first kappa shape index (κ1) is 11.8. The highest BCUT2D eigenvalue weighted by Crippen LogP contribution is 2.36. The Morgan fingerprint density at radius 3 is 3.11 bits per heavy atom. The Balaban J connectivity index is 1.89. The normalized spacial score (nSPS) is 17.2. The third kappa shape index (κ3) is 2.47. The fraction of sp³-hybridized carbons (Fsp3) is 0.267. The Kier molecular flexibility index (Phi) is 3.23. The van der Waals surface area contributed by atoms with Crippen LogP contribution in [-0.2, 0) is 0 Å². The van der Waals surface area contributed by atoms with Gasteiger partial charge in [0, 0.05) is 24.4 Å². The molecule has 0 aliphatic carbocycles. The fourth-order valence-corrected chi connectivity index (χ4v) is 2.30. The van der Waals surface area contributed by atoms with Gasteiger partial charge >= 0.3 is 0 Å². The highest BCUT2D eigenvalue weighted by molar-refractivity contribution is 5.49. The van der Waals surface area contributed by atoms with Crippen LogP contribution in [0.5, 0.6) is 11.5 Å². The molecular weight excluding hydrogens is 240 g/mol. The number of fused-ring (bicyclic) bond motifs is 1. The van der Waals surface area contributed by atoms with E-state index in [-0.39, 0.29) is 6.04 Å². The van der Waals surface area contributed by atoms with Crippen LogP contribution in [0.2, 0.25) is 0 Å². The molecule has 1 aromatic carbocycles. The van der Waals surface area contributed by atoms with E-state index in [9.17, 15) is 0 Å². The summed E-state index contributed by atoms with van der Waals surface area (Å²) >= 11 is 0. The molecular formula is C15H16N2O2. The first-order valence-corrected chi connectivity index (χ1v) is 6.34. The minimum atomic E-state index is 0.225. The van der Waals surface area contributed by atoms with E-state index in [4.69, 9.17) is 9.47 Å². The molecule has 1 N–H and O–H groups in total. The number of pyridine rings is 1. The van der Waals surface area contributed by atoms with Crippen LogP contribution in [-0.4, -0.2) is 18.7 Å². The summed E-state index contributed by atoms with van der Waals surface area (Å²) in [6, 6.07) is 10.1. The lowest BCUT2D eigenvalue weighted by molar-refractivity contribution is 0.273. The molecule has 1 aromatic heterocycles. The number of hydrogen-bond donors (Lipinski definition) is 1. The molecule has 0 spiro atoms. The van der Waals surface area contributed by atoms with Crippen molar-refractivity contribution in [3.8, 4) is 11.5 Å². The molecule has 0 bridgehead atoms. The van der Waals surface area contributed by atoms with E-state index in [1.54, 1.807) is 13.3 Å². The molecule has 0 amide bonds. The second-order valence-corrected chi connectivity index (χ2v) is 4.48. The molecule has 1 unspecified atom stereocenters. The molecule has 1 atom stereocenters. The van der Waals surface area contributed by atoms with E-state index in [1.165, 1.54) is 0 Å². The topological polar surface area (TPSA) is 43.4 Å². The monoisotopic (exact) mass is 256 g/mol. The van der Waals surface area contributed by atoms with Crippen molar-refractivity contribution in [3.05, 3.63) is 48.3 Å². The molecule has 1 aliphatic heterocycles. The number of methoxy groups -OCH3 is 1. The standard InChI is InChI=1S/C15H16N2O2/c1-18-12-4-5-15-13(9-12)14(6-8-19-15)17-11-3-2-7-16-10-11/h2-5,7,9-10,14,17H,6,8H2,1H3. The van der Waals surface area contributed by atoms with Crippen LogP contribution in [0.15, 0.2) is 42.7 Å². The molecule has 4 heteroatoms. The van der Waals surface area contributed by atoms with Crippen molar-refractivity contribution in [2.75, 3.05) is 19.0 Å². The van der Waals surface area contributed by atoms with Gasteiger partial charge in [-0.1, -0.05) is 0 Å². The van der Waals surface area contributed by atoms with E-state index in [1.807, 2.05) is 36.5 Å². The third-order valence-corrected chi connectivity index (χ3v) is 3.26. The second-order valence-electron chi connectivity index (χ2n) is 4.48. The van der Waals surface area contributed by atoms with Crippen molar-refractivity contribution in [2.45, 2.75) is 12.5 Å². The molecule has 19 heavy (non-hydrogen) atoms. The summed E-state index contributed by atoms with van der Waals surface area (Å²) in [4.78, 5) is 4.12. The van der Waals surface area contributed by atoms with Crippen LogP contribution in [0.25, 0.3) is 0 Å². The van der Waals surface area contributed by atoms with Crippen LogP contribution < -0.4 is 14.8 Å². The molecule has 0 saturated carbocycles. The van der Waals surface area contributed by atoms with E-state index in [2.05, 4.69) is 10.3 Å². The van der Waals surface area contributed by atoms with Gasteiger partial charge in [0.15, 0.2) is 0 Å². The maximum Gasteiger partial charge on any atom is 0.124 e. The predicted molar refractivity (Wildman–Crippen MR) is 73.7 cm³/mol. The maximum absolute atomic E-state index is 5.68. The van der Waals surface area contributed by atoms with Gasteiger partial charge in [0.1, 0.15) is 11.5 Å². The first-order chi connectivity index (χ1) is 9.36. The SMILES string of the molecule is COc1ccc2c(c1)C(Nc1cccnc1)CCO2. The zero-order chi connectivity index (χ0) is 13.1. The number of rotatable bonds is 3. The average Bonchev–Trinajstić information content (AvgIpc) is 2.48. The molecule has 98 valence electrons. The summed E-state index contributed by atoms with van der Waals surface area (Å²) in [6.07, 6.45) is 4.52. The highest BCUT2D eigenvalue weighted by Gasteiger charge is 2.22. The molecule has 4 nitrogen and oxygen atoms in total. The number of aromatic nitrogens is 1. The molecule has 1 aliphatic rings. The zero-order valence-corrected chi connectivity index (χ0v) is 10.8. The Hall–Kier alpha value is -2.23. The van der Waals surface area contributed by atoms with Gasteiger partial charge in [-0.15, -0.1) is 0 Å². The number of ether oxygens (including phenoxy) is 2. The number of anilines is 1. The predicted octanol–water partition coefficient (Wildman–Crippen LogP) is 3.03. The summed E-state index contributed by atoms with van der Waals surface area (Å²) in [5, 5.41) is 3.49. The zero-order valence-electron chi connectivity index (χ0n) is 10.8. The Bertz CT molecular complexity index is 557. The number of nitrogens with zero attached hydrogens (tertiary/aromatic N) is 1. The molecule has 0 fully saturated rings. The first-order valence-electron chi connectivity index (χ1n) is 6.34. The van der Waals surface area contributed by atoms with Gasteiger partial charge in [0.05, 0.1) is 25.4 Å². The van der Waals surface area contributed by atoms with Gasteiger partial charge in [-0.05, 0) is 30.3 Å². The lowest BCUT2D eigenvalue weighted by Crippen LogP contribution is -2.20. The summed E-state index contributed by atoms with van der Waals surface area (Å²) < 4.78 is 11.0. The van der Waals surface area contributed by atoms with Gasteiger partial charge in [-0.3, -0.25) is 4.98 Å². The fourth-order valence-electron chi connectivity index (χ4n) is 2.30. The number of nitrogens with one attached hydrogen (secondary N) is 1. The van der Waals surface area contributed by atoms with Crippen molar-refractivity contribution in [1.29, 1.82) is 0 Å². The molecule has 2 heterocycles. The minimum absolute atomic E-state index is 0.225. The lowest BCUT2D eigenvalue weighted by atomic mass is 10.00. The Morgan fingerprint density at radius 2 is 2.32 bits per heavy atom. The van der Waals surface area contributed by atoms with E-state index in [0.29, 0.717) is 0 Å². The van der Waals surface area contributed by atoms with Gasteiger partial charge < -0.3 is 14.8 Å². The second kappa shape index (κ2) is 5.18. The van der Waals surface area contributed by atoms with Gasteiger partial charge in [0.25, 0.3) is 0 Å². The smallest absolute Gasteiger partial charge is 0.124 e. The minimum Gasteiger partial charge on any atom is -0.497 e. The molecule has 2 aromatic rings. The van der Waals surface area contributed by atoms with E-state index >= 15 is 0 Å². The van der Waals surface area contributed by atoms with Crippen molar-refractivity contribution in [3.63, 3.8) is 0 Å². The quantitative estimate of drug-likeness (QED) is 0.916. The number of benzene rings is 1.